The lowest BCUT2D eigenvalue weighted by Crippen LogP contribution is -2.23. The van der Waals surface area contributed by atoms with Gasteiger partial charge in [0.05, 0.1) is 13.2 Å². The molecule has 5 nitrogen and oxygen atoms in total. The normalized spacial score (nSPS) is 10.6. The highest BCUT2D eigenvalue weighted by atomic mass is 127. The first kappa shape index (κ1) is 17.3. The zero-order valence-corrected chi connectivity index (χ0v) is 13.7. The molecule has 0 unspecified atom stereocenters. The van der Waals surface area contributed by atoms with E-state index in [4.69, 9.17) is 15.6 Å². The molecule has 6 heteroatoms. The number of hydrogen-bond acceptors (Lipinski definition) is 3. The molecule has 0 spiro atoms. The van der Waals surface area contributed by atoms with Crippen LogP contribution < -0.4 is 15.8 Å². The summed E-state index contributed by atoms with van der Waals surface area (Å²) in [6.07, 6.45) is 0. The highest BCUT2D eigenvalue weighted by Gasteiger charge is 1.99. The summed E-state index contributed by atoms with van der Waals surface area (Å²) < 4.78 is 5.72. The number of aliphatic imine (C=N–C) groups is 1. The first-order chi connectivity index (χ1) is 9.78. The third-order valence-electron chi connectivity index (χ3n) is 2.47. The van der Waals surface area contributed by atoms with Crippen LogP contribution in [-0.4, -0.2) is 24.2 Å². The lowest BCUT2D eigenvalue weighted by molar-refractivity contribution is 0.307. The number of nitrogens with one attached hydrogen (secondary N) is 1. The van der Waals surface area contributed by atoms with Gasteiger partial charge in [0.1, 0.15) is 11.5 Å². The topological polar surface area (TPSA) is 79.9 Å². The van der Waals surface area contributed by atoms with Crippen LogP contribution in [0, 0.1) is 0 Å². The molecule has 0 amide bonds. The number of anilines is 1. The number of rotatable bonds is 5. The number of para-hydroxylation sites is 1. The molecule has 4 N–H and O–H groups in total. The molecule has 0 bridgehead atoms. The van der Waals surface area contributed by atoms with Crippen molar-refractivity contribution < 1.29 is 9.84 Å². The molecule has 2 rings (SSSR count). The minimum atomic E-state index is -0.0282. The summed E-state index contributed by atoms with van der Waals surface area (Å²) in [5.74, 6) is 1.73. The van der Waals surface area contributed by atoms with Crippen LogP contribution in [0.25, 0.3) is 0 Å². The maximum absolute atomic E-state index is 8.68. The van der Waals surface area contributed by atoms with Crippen molar-refractivity contribution in [3.63, 3.8) is 0 Å². The van der Waals surface area contributed by atoms with Crippen molar-refractivity contribution in [2.45, 2.75) is 0 Å². The van der Waals surface area contributed by atoms with E-state index in [1.807, 2.05) is 54.6 Å². The van der Waals surface area contributed by atoms with Crippen molar-refractivity contribution in [1.29, 1.82) is 0 Å². The first-order valence-corrected chi connectivity index (χ1v) is 6.29. The Labute approximate surface area is 140 Å². The third-order valence-corrected chi connectivity index (χ3v) is 2.47. The van der Waals surface area contributed by atoms with E-state index in [1.54, 1.807) is 0 Å². The van der Waals surface area contributed by atoms with Crippen LogP contribution in [0.4, 0.5) is 5.69 Å². The summed E-state index contributed by atoms with van der Waals surface area (Å²) in [5, 5.41) is 11.6. The van der Waals surface area contributed by atoms with E-state index < -0.39 is 0 Å². The van der Waals surface area contributed by atoms with E-state index in [0.717, 1.165) is 11.4 Å². The number of nitrogens with two attached hydrogens (primary N) is 1. The second-order valence-electron chi connectivity index (χ2n) is 4.06. The Morgan fingerprint density at radius 2 is 1.81 bits per heavy atom. The Morgan fingerprint density at radius 3 is 2.52 bits per heavy atom. The highest BCUT2D eigenvalue weighted by molar-refractivity contribution is 14.0. The van der Waals surface area contributed by atoms with Crippen LogP contribution >= 0.6 is 24.0 Å². The van der Waals surface area contributed by atoms with E-state index in [1.165, 1.54) is 0 Å². The fourth-order valence-corrected chi connectivity index (χ4v) is 1.62. The number of ether oxygens (including phenoxy) is 1. The molecule has 21 heavy (non-hydrogen) atoms. The Kier molecular flexibility index (Phi) is 7.55. The first-order valence-electron chi connectivity index (χ1n) is 6.29. The molecule has 2 aromatic rings. The van der Waals surface area contributed by atoms with Gasteiger partial charge in [0, 0.05) is 11.8 Å². The molecule has 0 saturated carbocycles. The van der Waals surface area contributed by atoms with Gasteiger partial charge in [-0.05, 0) is 24.3 Å². The summed E-state index contributed by atoms with van der Waals surface area (Å²) in [7, 11) is 0. The summed E-state index contributed by atoms with van der Waals surface area (Å²) in [6.45, 7) is 0.249. The molecule has 0 heterocycles. The van der Waals surface area contributed by atoms with Crippen molar-refractivity contribution in [3.8, 4) is 11.5 Å². The van der Waals surface area contributed by atoms with Gasteiger partial charge in [0.25, 0.3) is 0 Å². The molecular formula is C15H18IN3O2. The molecule has 0 atom stereocenters. The lowest BCUT2D eigenvalue weighted by Gasteiger charge is -2.09. The van der Waals surface area contributed by atoms with E-state index in [2.05, 4.69) is 10.3 Å². The van der Waals surface area contributed by atoms with Gasteiger partial charge in [-0.15, -0.1) is 24.0 Å². The van der Waals surface area contributed by atoms with Gasteiger partial charge in [0.15, 0.2) is 5.96 Å². The smallest absolute Gasteiger partial charge is 0.193 e. The largest absolute Gasteiger partial charge is 0.457 e. The molecule has 0 fully saturated rings. The standard InChI is InChI=1S/C15H17N3O2.HI/c16-15(17-9-10-19)18-12-5-4-8-14(11-12)20-13-6-2-1-3-7-13;/h1-8,11,19H,9-10H2,(H3,16,17,18);1H. The number of nitrogens with zero attached hydrogens (tertiary/aromatic N) is 1. The van der Waals surface area contributed by atoms with Gasteiger partial charge in [-0.3, -0.25) is 4.99 Å². The minimum Gasteiger partial charge on any atom is -0.457 e. The minimum absolute atomic E-state index is 0. The highest BCUT2D eigenvalue weighted by Crippen LogP contribution is 2.23. The van der Waals surface area contributed by atoms with E-state index in [0.29, 0.717) is 5.75 Å². The molecule has 0 saturated heterocycles. The Bertz CT molecular complexity index is 576. The lowest BCUT2D eigenvalue weighted by atomic mass is 10.3. The number of aliphatic hydroxyl groups excluding tert-OH is 1. The quantitative estimate of drug-likeness (QED) is 0.411. The summed E-state index contributed by atoms with van der Waals surface area (Å²) in [4.78, 5) is 3.94. The molecular weight excluding hydrogens is 381 g/mol. The predicted octanol–water partition coefficient (Wildman–Crippen LogP) is 2.82. The van der Waals surface area contributed by atoms with Gasteiger partial charge in [-0.1, -0.05) is 24.3 Å². The fraction of sp³-hybridized carbons (Fsp3) is 0.133. The number of hydrogen-bond donors (Lipinski definition) is 3. The average molecular weight is 399 g/mol. The zero-order valence-electron chi connectivity index (χ0n) is 11.4. The van der Waals surface area contributed by atoms with Crippen molar-refractivity contribution in [3.05, 3.63) is 54.6 Å². The van der Waals surface area contributed by atoms with Crippen LogP contribution in [0.1, 0.15) is 0 Å². The van der Waals surface area contributed by atoms with Gasteiger partial charge >= 0.3 is 0 Å². The molecule has 2 aromatic carbocycles. The third kappa shape index (κ3) is 6.01. The maximum Gasteiger partial charge on any atom is 0.193 e. The molecule has 0 aliphatic heterocycles. The average Bonchev–Trinajstić information content (AvgIpc) is 2.46. The Balaban J connectivity index is 0.00000220. The monoisotopic (exact) mass is 399 g/mol. The van der Waals surface area contributed by atoms with Crippen LogP contribution in [0.5, 0.6) is 11.5 Å². The summed E-state index contributed by atoms with van der Waals surface area (Å²) >= 11 is 0. The van der Waals surface area contributed by atoms with E-state index in [-0.39, 0.29) is 43.1 Å². The van der Waals surface area contributed by atoms with Gasteiger partial charge in [-0.25, -0.2) is 0 Å². The molecule has 0 aromatic heterocycles. The summed E-state index contributed by atoms with van der Waals surface area (Å²) in [5.41, 5.74) is 6.46. The Morgan fingerprint density at radius 1 is 1.10 bits per heavy atom. The molecule has 112 valence electrons. The van der Waals surface area contributed by atoms with Crippen LogP contribution in [0.15, 0.2) is 59.6 Å². The zero-order chi connectivity index (χ0) is 14.2. The Hall–Kier alpha value is -1.80. The molecule has 0 aliphatic rings. The molecule has 0 aliphatic carbocycles. The fourth-order valence-electron chi connectivity index (χ4n) is 1.62. The second kappa shape index (κ2) is 9.19. The number of benzene rings is 2. The van der Waals surface area contributed by atoms with E-state index in [9.17, 15) is 0 Å². The SMILES string of the molecule is I.NC(=NCCO)Nc1cccc(Oc2ccccc2)c1. The van der Waals surface area contributed by atoms with Crippen molar-refractivity contribution in [2.75, 3.05) is 18.5 Å². The van der Waals surface area contributed by atoms with Crippen molar-refractivity contribution in [1.82, 2.24) is 0 Å². The van der Waals surface area contributed by atoms with Gasteiger partial charge in [-0.2, -0.15) is 0 Å². The number of halogens is 1. The molecule has 0 radical (unpaired) electrons. The van der Waals surface area contributed by atoms with E-state index >= 15 is 0 Å². The van der Waals surface area contributed by atoms with Crippen LogP contribution in [0.2, 0.25) is 0 Å². The van der Waals surface area contributed by atoms with Crippen molar-refractivity contribution >= 4 is 35.6 Å². The second-order valence-corrected chi connectivity index (χ2v) is 4.06. The van der Waals surface area contributed by atoms with Gasteiger partial charge < -0.3 is 20.9 Å². The van der Waals surface area contributed by atoms with Gasteiger partial charge in [0.2, 0.25) is 0 Å². The maximum atomic E-state index is 8.68. The summed E-state index contributed by atoms with van der Waals surface area (Å²) in [6, 6.07) is 16.9. The van der Waals surface area contributed by atoms with Crippen molar-refractivity contribution in [2.24, 2.45) is 10.7 Å². The number of aliphatic hydroxyl groups is 1. The number of guanidine groups is 1. The predicted molar refractivity (Wildman–Crippen MR) is 95.6 cm³/mol. The van der Waals surface area contributed by atoms with Crippen LogP contribution in [-0.2, 0) is 0 Å². The van der Waals surface area contributed by atoms with Crippen LogP contribution in [0.3, 0.4) is 0 Å².